The molecule has 1 aromatic rings. The summed E-state index contributed by atoms with van der Waals surface area (Å²) in [5.74, 6) is -0.414. The first kappa shape index (κ1) is 11.0. The normalized spacial score (nSPS) is 22.7. The fourth-order valence-electron chi connectivity index (χ4n) is 2.33. The van der Waals surface area contributed by atoms with E-state index in [1.165, 1.54) is 0 Å². The molecule has 1 saturated heterocycles. The maximum atomic E-state index is 11.8. The molecule has 0 bridgehead atoms. The fourth-order valence-corrected chi connectivity index (χ4v) is 2.33. The Hall–Kier alpha value is -2.17. The minimum absolute atomic E-state index is 0.189. The molecule has 5 nitrogen and oxygen atoms in total. The molecule has 2 aliphatic heterocycles. The molecule has 0 radical (unpaired) electrons. The first-order valence-electron chi connectivity index (χ1n) is 5.95. The smallest absolute Gasteiger partial charge is 0.249 e. The van der Waals surface area contributed by atoms with Crippen molar-refractivity contribution < 1.29 is 9.59 Å². The number of rotatable bonds is 1. The third kappa shape index (κ3) is 1.88. The monoisotopic (exact) mass is 243 g/mol. The summed E-state index contributed by atoms with van der Waals surface area (Å²) in [6.45, 7) is 0.659. The summed E-state index contributed by atoms with van der Waals surface area (Å²) >= 11 is 0. The molecule has 0 spiro atoms. The van der Waals surface area contributed by atoms with Crippen molar-refractivity contribution in [3.05, 3.63) is 29.8 Å². The van der Waals surface area contributed by atoms with Gasteiger partial charge in [-0.2, -0.15) is 0 Å². The molecule has 18 heavy (non-hydrogen) atoms. The zero-order valence-electron chi connectivity index (χ0n) is 9.80. The highest BCUT2D eigenvalue weighted by atomic mass is 16.2. The van der Waals surface area contributed by atoms with Crippen molar-refractivity contribution in [1.82, 2.24) is 10.2 Å². The van der Waals surface area contributed by atoms with E-state index in [2.05, 4.69) is 10.3 Å². The maximum absolute atomic E-state index is 11.8. The van der Waals surface area contributed by atoms with Crippen LogP contribution in [0.1, 0.15) is 18.4 Å². The van der Waals surface area contributed by atoms with Gasteiger partial charge in [-0.1, -0.05) is 18.2 Å². The lowest BCUT2D eigenvalue weighted by molar-refractivity contribution is -0.136. The van der Waals surface area contributed by atoms with Crippen LogP contribution in [0.2, 0.25) is 0 Å². The Bertz CT molecular complexity index is 539. The second-order valence-electron chi connectivity index (χ2n) is 4.51. The third-order valence-corrected chi connectivity index (χ3v) is 3.30. The summed E-state index contributed by atoms with van der Waals surface area (Å²) in [6, 6.07) is 7.57. The zero-order chi connectivity index (χ0) is 12.5. The number of para-hydroxylation sites is 1. The van der Waals surface area contributed by atoms with Crippen LogP contribution in [0.25, 0.3) is 0 Å². The molecule has 0 aliphatic carbocycles. The van der Waals surface area contributed by atoms with Crippen molar-refractivity contribution in [2.75, 3.05) is 0 Å². The summed E-state index contributed by atoms with van der Waals surface area (Å²) in [4.78, 5) is 29.1. The molecule has 5 heteroatoms. The lowest BCUT2D eigenvalue weighted by atomic mass is 10.0. The number of hydrogen-bond acceptors (Lipinski definition) is 4. The van der Waals surface area contributed by atoms with Gasteiger partial charge in [-0.15, -0.1) is 0 Å². The van der Waals surface area contributed by atoms with Crippen LogP contribution in [-0.2, 0) is 16.1 Å². The molecule has 1 atom stereocenters. The Kier molecular flexibility index (Phi) is 2.59. The van der Waals surface area contributed by atoms with E-state index in [4.69, 9.17) is 0 Å². The number of carbonyl (C=O) groups is 2. The second-order valence-corrected chi connectivity index (χ2v) is 4.51. The Morgan fingerprint density at radius 1 is 1.28 bits per heavy atom. The summed E-state index contributed by atoms with van der Waals surface area (Å²) in [5, 5.41) is 2.37. The van der Waals surface area contributed by atoms with Gasteiger partial charge in [0, 0.05) is 13.0 Å². The maximum Gasteiger partial charge on any atom is 0.249 e. The van der Waals surface area contributed by atoms with E-state index >= 15 is 0 Å². The van der Waals surface area contributed by atoms with Crippen molar-refractivity contribution in [2.45, 2.75) is 25.4 Å². The number of carbonyl (C=O) groups excluding carboxylic acids is 2. The van der Waals surface area contributed by atoms with Crippen LogP contribution in [0, 0.1) is 0 Å². The lowest BCUT2D eigenvalue weighted by Gasteiger charge is -2.33. The predicted molar refractivity (Wildman–Crippen MR) is 66.3 cm³/mol. The van der Waals surface area contributed by atoms with Crippen LogP contribution >= 0.6 is 0 Å². The highest BCUT2D eigenvalue weighted by Crippen LogP contribution is 2.25. The van der Waals surface area contributed by atoms with Crippen LogP contribution in [0.15, 0.2) is 29.3 Å². The molecular weight excluding hydrogens is 230 g/mol. The molecule has 2 aliphatic rings. The first-order chi connectivity index (χ1) is 8.74. The number of hydrogen-bond donors (Lipinski definition) is 1. The minimum Gasteiger partial charge on any atom is -0.346 e. The topological polar surface area (TPSA) is 61.8 Å². The van der Waals surface area contributed by atoms with Crippen molar-refractivity contribution in [3.63, 3.8) is 0 Å². The first-order valence-corrected chi connectivity index (χ1v) is 5.95. The standard InChI is InChI=1S/C13H13N3O2/c17-12-6-5-11(13(18)15-12)16-7-9-3-1-2-4-10(9)14-8-16/h1-4,8,11H,5-7H2,(H,15,17,18). The fraction of sp³-hybridized carbons (Fsp3) is 0.308. The van der Waals surface area contributed by atoms with E-state index in [9.17, 15) is 9.59 Å². The van der Waals surface area contributed by atoms with Gasteiger partial charge in [-0.25, -0.2) is 4.99 Å². The Morgan fingerprint density at radius 3 is 2.94 bits per heavy atom. The van der Waals surface area contributed by atoms with E-state index in [1.807, 2.05) is 29.2 Å². The molecule has 1 fully saturated rings. The van der Waals surface area contributed by atoms with E-state index in [0.29, 0.717) is 19.4 Å². The quantitative estimate of drug-likeness (QED) is 0.747. The van der Waals surface area contributed by atoms with Crippen LogP contribution in [0.3, 0.4) is 0 Å². The second kappa shape index (κ2) is 4.25. The number of benzene rings is 1. The van der Waals surface area contributed by atoms with E-state index in [0.717, 1.165) is 11.3 Å². The number of aliphatic imine (C=N–C) groups is 1. The minimum atomic E-state index is -0.292. The van der Waals surface area contributed by atoms with Gasteiger partial charge in [-0.05, 0) is 18.1 Å². The number of nitrogens with zero attached hydrogens (tertiary/aromatic N) is 2. The molecule has 0 aromatic heterocycles. The molecule has 1 unspecified atom stereocenters. The van der Waals surface area contributed by atoms with Gasteiger partial charge in [-0.3, -0.25) is 14.9 Å². The number of fused-ring (bicyclic) bond motifs is 1. The molecule has 3 rings (SSSR count). The van der Waals surface area contributed by atoms with Crippen molar-refractivity contribution >= 4 is 23.8 Å². The molecule has 2 amide bonds. The SMILES string of the molecule is O=C1CCC(N2C=Nc3ccccc3C2)C(=O)N1. The van der Waals surface area contributed by atoms with Gasteiger partial charge in [0.05, 0.1) is 12.0 Å². The highest BCUT2D eigenvalue weighted by Gasteiger charge is 2.31. The van der Waals surface area contributed by atoms with Gasteiger partial charge in [0.1, 0.15) is 6.04 Å². The van der Waals surface area contributed by atoms with E-state index in [1.54, 1.807) is 6.34 Å². The third-order valence-electron chi connectivity index (χ3n) is 3.30. The Morgan fingerprint density at radius 2 is 2.11 bits per heavy atom. The van der Waals surface area contributed by atoms with Crippen LogP contribution < -0.4 is 5.32 Å². The van der Waals surface area contributed by atoms with Crippen molar-refractivity contribution in [2.24, 2.45) is 4.99 Å². The van der Waals surface area contributed by atoms with Crippen LogP contribution in [0.4, 0.5) is 5.69 Å². The summed E-state index contributed by atoms with van der Waals surface area (Å²) in [7, 11) is 0. The molecule has 1 aromatic carbocycles. The van der Waals surface area contributed by atoms with Crippen LogP contribution in [0.5, 0.6) is 0 Å². The van der Waals surface area contributed by atoms with E-state index in [-0.39, 0.29) is 17.9 Å². The number of nitrogens with one attached hydrogen (secondary N) is 1. The zero-order valence-corrected chi connectivity index (χ0v) is 9.80. The van der Waals surface area contributed by atoms with Gasteiger partial charge in [0.2, 0.25) is 11.8 Å². The van der Waals surface area contributed by atoms with Gasteiger partial charge < -0.3 is 4.90 Å². The van der Waals surface area contributed by atoms with Gasteiger partial charge in [0.25, 0.3) is 0 Å². The van der Waals surface area contributed by atoms with Crippen molar-refractivity contribution in [3.8, 4) is 0 Å². The van der Waals surface area contributed by atoms with Gasteiger partial charge >= 0.3 is 0 Å². The number of amides is 2. The Balaban J connectivity index is 1.80. The summed E-state index contributed by atoms with van der Waals surface area (Å²) in [6.07, 6.45) is 2.64. The predicted octanol–water partition coefficient (Wildman–Crippen LogP) is 0.967. The number of piperidine rings is 1. The highest BCUT2D eigenvalue weighted by molar-refractivity contribution is 6.01. The molecule has 0 saturated carbocycles. The molecule has 92 valence electrons. The van der Waals surface area contributed by atoms with Gasteiger partial charge in [0.15, 0.2) is 0 Å². The van der Waals surface area contributed by atoms with Crippen molar-refractivity contribution in [1.29, 1.82) is 0 Å². The molecular formula is C13H13N3O2. The average molecular weight is 243 g/mol. The molecule has 1 N–H and O–H groups in total. The largest absolute Gasteiger partial charge is 0.346 e. The average Bonchev–Trinajstić information content (AvgIpc) is 2.38. The lowest BCUT2D eigenvalue weighted by Crippen LogP contribution is -2.52. The summed E-state index contributed by atoms with van der Waals surface area (Å²) in [5.41, 5.74) is 2.05. The molecule has 2 heterocycles. The summed E-state index contributed by atoms with van der Waals surface area (Å²) < 4.78 is 0. The van der Waals surface area contributed by atoms with E-state index < -0.39 is 0 Å². The van der Waals surface area contributed by atoms with Crippen LogP contribution in [-0.4, -0.2) is 29.1 Å². The Labute approximate surface area is 105 Å². The number of imide groups is 1.